The van der Waals surface area contributed by atoms with Crippen molar-refractivity contribution in [3.63, 3.8) is 0 Å². The van der Waals surface area contributed by atoms with Gasteiger partial charge >= 0.3 is 5.97 Å². The molecule has 0 aliphatic rings. The van der Waals surface area contributed by atoms with Crippen LogP contribution < -0.4 is 0 Å². The number of benzene rings is 1. The largest absolute Gasteiger partial charge is 0.464 e. The Bertz CT molecular complexity index is 535. The maximum atomic E-state index is 11.3. The van der Waals surface area contributed by atoms with Crippen molar-refractivity contribution in [2.24, 2.45) is 0 Å². The maximum Gasteiger partial charge on any atom is 0.354 e. The number of hydrogen-bond donors (Lipinski definition) is 1. The molecule has 1 N–H and O–H groups in total. The van der Waals surface area contributed by atoms with Crippen LogP contribution in [-0.2, 0) is 4.74 Å². The molecular weight excluding hydrogens is 281 g/mol. The lowest BCUT2D eigenvalue weighted by Gasteiger charge is -1.94. The lowest BCUT2D eigenvalue weighted by molar-refractivity contribution is 0.0595. The topological polar surface area (TPSA) is 42.1 Å². The molecule has 0 unspecified atom stereocenters. The number of H-pyrrole nitrogens is 1. The van der Waals surface area contributed by atoms with Crippen molar-refractivity contribution in [1.29, 1.82) is 0 Å². The predicted octanol–water partition coefficient (Wildman–Crippen LogP) is 3.37. The highest BCUT2D eigenvalue weighted by Crippen LogP contribution is 2.28. The first-order valence-electron chi connectivity index (χ1n) is 4.18. The summed E-state index contributed by atoms with van der Waals surface area (Å²) >= 11 is 9.26. The van der Waals surface area contributed by atoms with E-state index in [0.717, 1.165) is 15.4 Å². The summed E-state index contributed by atoms with van der Waals surface area (Å²) in [5.74, 6) is -0.394. The van der Waals surface area contributed by atoms with Crippen LogP contribution in [0.2, 0.25) is 5.02 Å². The Morgan fingerprint density at radius 2 is 2.20 bits per heavy atom. The van der Waals surface area contributed by atoms with Gasteiger partial charge in [0.05, 0.1) is 7.11 Å². The number of esters is 1. The standard InChI is InChI=1S/C10H7BrClNO2/c1-15-10(14)9-4-6-7(11)2-5(12)3-8(6)13-9/h2-4,13H,1H3. The summed E-state index contributed by atoms with van der Waals surface area (Å²) in [5, 5.41) is 1.51. The van der Waals surface area contributed by atoms with Crippen LogP contribution in [0.15, 0.2) is 22.7 Å². The van der Waals surface area contributed by atoms with Gasteiger partial charge in [0.25, 0.3) is 0 Å². The molecule has 15 heavy (non-hydrogen) atoms. The van der Waals surface area contributed by atoms with E-state index in [1.54, 1.807) is 18.2 Å². The SMILES string of the molecule is COC(=O)c1cc2c(Br)cc(Cl)cc2[nH]1. The molecule has 0 aliphatic carbocycles. The summed E-state index contributed by atoms with van der Waals surface area (Å²) in [6, 6.07) is 5.26. The van der Waals surface area contributed by atoms with E-state index >= 15 is 0 Å². The molecule has 0 aliphatic heterocycles. The van der Waals surface area contributed by atoms with E-state index in [2.05, 4.69) is 25.7 Å². The third-order valence-electron chi connectivity index (χ3n) is 2.06. The number of carbonyl (C=O) groups excluding carboxylic acids is 1. The lowest BCUT2D eigenvalue weighted by Crippen LogP contribution is -2.00. The van der Waals surface area contributed by atoms with Crippen molar-refractivity contribution >= 4 is 44.4 Å². The molecule has 0 radical (unpaired) electrons. The normalized spacial score (nSPS) is 10.6. The fourth-order valence-corrected chi connectivity index (χ4v) is 2.30. The molecule has 0 saturated heterocycles. The second-order valence-electron chi connectivity index (χ2n) is 3.02. The molecule has 3 nitrogen and oxygen atoms in total. The van der Waals surface area contributed by atoms with Crippen LogP contribution >= 0.6 is 27.5 Å². The average molecular weight is 289 g/mol. The van der Waals surface area contributed by atoms with Gasteiger partial charge in [-0.25, -0.2) is 4.79 Å². The van der Waals surface area contributed by atoms with E-state index in [1.165, 1.54) is 7.11 Å². The summed E-state index contributed by atoms with van der Waals surface area (Å²) in [6.45, 7) is 0. The van der Waals surface area contributed by atoms with E-state index in [9.17, 15) is 4.79 Å². The molecule has 2 rings (SSSR count). The van der Waals surface area contributed by atoms with Crippen molar-refractivity contribution in [3.8, 4) is 0 Å². The molecule has 0 atom stereocenters. The zero-order valence-corrected chi connectivity index (χ0v) is 10.1. The number of fused-ring (bicyclic) bond motifs is 1. The molecule has 2 aromatic rings. The van der Waals surface area contributed by atoms with E-state index in [0.29, 0.717) is 10.7 Å². The van der Waals surface area contributed by atoms with Gasteiger partial charge in [0.15, 0.2) is 0 Å². The van der Waals surface area contributed by atoms with Crippen molar-refractivity contribution < 1.29 is 9.53 Å². The van der Waals surface area contributed by atoms with Crippen molar-refractivity contribution in [1.82, 2.24) is 4.98 Å². The zero-order valence-electron chi connectivity index (χ0n) is 7.80. The Hall–Kier alpha value is -1.00. The van der Waals surface area contributed by atoms with Crippen LogP contribution in [0.1, 0.15) is 10.5 Å². The molecule has 0 bridgehead atoms. The second kappa shape index (κ2) is 3.87. The Labute approximate surface area is 99.5 Å². The Balaban J connectivity index is 2.65. The van der Waals surface area contributed by atoms with Crippen LogP contribution in [0.5, 0.6) is 0 Å². The van der Waals surface area contributed by atoms with Gasteiger partial charge in [0.2, 0.25) is 0 Å². The average Bonchev–Trinajstić information content (AvgIpc) is 2.60. The number of halogens is 2. The van der Waals surface area contributed by atoms with Gasteiger partial charge in [0.1, 0.15) is 5.69 Å². The fraction of sp³-hybridized carbons (Fsp3) is 0.100. The number of methoxy groups -OCH3 is 1. The minimum absolute atomic E-state index is 0.394. The van der Waals surface area contributed by atoms with Crippen LogP contribution in [0.25, 0.3) is 10.9 Å². The molecule has 0 spiro atoms. The number of hydrogen-bond acceptors (Lipinski definition) is 2. The quantitative estimate of drug-likeness (QED) is 0.818. The highest BCUT2D eigenvalue weighted by atomic mass is 79.9. The predicted molar refractivity (Wildman–Crippen MR) is 62.3 cm³/mol. The van der Waals surface area contributed by atoms with Gasteiger partial charge in [0, 0.05) is 20.4 Å². The molecule has 78 valence electrons. The van der Waals surface area contributed by atoms with Crippen LogP contribution in [0, 0.1) is 0 Å². The first-order chi connectivity index (χ1) is 7.11. The molecule has 1 heterocycles. The summed E-state index contributed by atoms with van der Waals surface area (Å²) in [7, 11) is 1.34. The van der Waals surface area contributed by atoms with Gasteiger partial charge in [-0.1, -0.05) is 27.5 Å². The monoisotopic (exact) mass is 287 g/mol. The van der Waals surface area contributed by atoms with Crippen molar-refractivity contribution in [2.75, 3.05) is 7.11 Å². The minimum Gasteiger partial charge on any atom is -0.464 e. The maximum absolute atomic E-state index is 11.3. The molecule has 1 aromatic carbocycles. The third kappa shape index (κ3) is 1.87. The van der Waals surface area contributed by atoms with E-state index in [1.807, 2.05) is 0 Å². The van der Waals surface area contributed by atoms with E-state index in [4.69, 9.17) is 11.6 Å². The number of aromatic amines is 1. The fourth-order valence-electron chi connectivity index (χ4n) is 1.38. The molecule has 0 amide bonds. The van der Waals surface area contributed by atoms with Gasteiger partial charge in [-0.3, -0.25) is 0 Å². The Morgan fingerprint density at radius 3 is 2.87 bits per heavy atom. The van der Waals surface area contributed by atoms with Crippen molar-refractivity contribution in [2.45, 2.75) is 0 Å². The smallest absolute Gasteiger partial charge is 0.354 e. The summed E-state index contributed by atoms with van der Waals surface area (Å²) in [5.41, 5.74) is 1.21. The highest BCUT2D eigenvalue weighted by molar-refractivity contribution is 9.10. The van der Waals surface area contributed by atoms with E-state index < -0.39 is 5.97 Å². The number of nitrogens with one attached hydrogen (secondary N) is 1. The first-order valence-corrected chi connectivity index (χ1v) is 5.35. The van der Waals surface area contributed by atoms with Gasteiger partial charge < -0.3 is 9.72 Å². The number of carbonyl (C=O) groups is 1. The molecule has 0 saturated carbocycles. The highest BCUT2D eigenvalue weighted by Gasteiger charge is 2.11. The van der Waals surface area contributed by atoms with Crippen LogP contribution in [-0.4, -0.2) is 18.1 Å². The Kier molecular flexibility index (Phi) is 2.71. The summed E-state index contributed by atoms with van der Waals surface area (Å²) < 4.78 is 5.46. The zero-order chi connectivity index (χ0) is 11.0. The Morgan fingerprint density at radius 1 is 1.47 bits per heavy atom. The van der Waals surface area contributed by atoms with Crippen molar-refractivity contribution in [3.05, 3.63) is 33.4 Å². The summed E-state index contributed by atoms with van der Waals surface area (Å²) in [6.07, 6.45) is 0. The number of aromatic nitrogens is 1. The number of ether oxygens (including phenoxy) is 1. The molecular formula is C10H7BrClNO2. The molecule has 5 heteroatoms. The van der Waals surface area contributed by atoms with E-state index in [-0.39, 0.29) is 0 Å². The van der Waals surface area contributed by atoms with Crippen LogP contribution in [0.3, 0.4) is 0 Å². The summed E-state index contributed by atoms with van der Waals surface area (Å²) in [4.78, 5) is 14.2. The second-order valence-corrected chi connectivity index (χ2v) is 4.31. The lowest BCUT2D eigenvalue weighted by atomic mass is 10.2. The molecule has 0 fully saturated rings. The van der Waals surface area contributed by atoms with Gasteiger partial charge in [-0.05, 0) is 18.2 Å². The van der Waals surface area contributed by atoms with Gasteiger partial charge in [-0.15, -0.1) is 0 Å². The molecule has 1 aromatic heterocycles. The number of rotatable bonds is 1. The first kappa shape index (κ1) is 10.5. The minimum atomic E-state index is -0.394. The van der Waals surface area contributed by atoms with Crippen LogP contribution in [0.4, 0.5) is 0 Å². The van der Waals surface area contributed by atoms with Gasteiger partial charge in [-0.2, -0.15) is 0 Å². The third-order valence-corrected chi connectivity index (χ3v) is 2.93.